The first-order valence-corrected chi connectivity index (χ1v) is 6.03. The Kier molecular flexibility index (Phi) is 4.15. The quantitative estimate of drug-likeness (QED) is 0.846. The molecule has 1 aliphatic rings. The SMILES string of the molecule is COc1cccc(F)c1C(=O)NCC1CCNC1. The Morgan fingerprint density at radius 1 is 1.61 bits per heavy atom. The second-order valence-electron chi connectivity index (χ2n) is 4.39. The molecule has 0 radical (unpaired) electrons. The van der Waals surface area contributed by atoms with Gasteiger partial charge in [0, 0.05) is 6.54 Å². The van der Waals surface area contributed by atoms with Gasteiger partial charge < -0.3 is 15.4 Å². The number of methoxy groups -OCH3 is 1. The smallest absolute Gasteiger partial charge is 0.258 e. The Labute approximate surface area is 106 Å². The van der Waals surface area contributed by atoms with Crippen molar-refractivity contribution in [2.75, 3.05) is 26.7 Å². The van der Waals surface area contributed by atoms with Crippen molar-refractivity contribution in [3.8, 4) is 5.75 Å². The van der Waals surface area contributed by atoms with Crippen LogP contribution in [0, 0.1) is 11.7 Å². The molecule has 0 aliphatic carbocycles. The van der Waals surface area contributed by atoms with Gasteiger partial charge in [0.25, 0.3) is 5.91 Å². The number of hydrogen-bond acceptors (Lipinski definition) is 3. The second kappa shape index (κ2) is 5.82. The van der Waals surface area contributed by atoms with Crippen LogP contribution in [0.4, 0.5) is 4.39 Å². The highest BCUT2D eigenvalue weighted by molar-refractivity contribution is 5.97. The molecule has 1 amide bonds. The Balaban J connectivity index is 2.03. The van der Waals surface area contributed by atoms with Crippen LogP contribution in [-0.2, 0) is 0 Å². The van der Waals surface area contributed by atoms with Crippen LogP contribution in [0.5, 0.6) is 5.75 Å². The van der Waals surface area contributed by atoms with E-state index < -0.39 is 11.7 Å². The minimum absolute atomic E-state index is 0.0223. The first kappa shape index (κ1) is 12.8. The lowest BCUT2D eigenvalue weighted by Crippen LogP contribution is -2.31. The van der Waals surface area contributed by atoms with Gasteiger partial charge in [0.1, 0.15) is 17.1 Å². The zero-order valence-electron chi connectivity index (χ0n) is 10.3. The van der Waals surface area contributed by atoms with E-state index >= 15 is 0 Å². The van der Waals surface area contributed by atoms with Crippen molar-refractivity contribution in [3.05, 3.63) is 29.6 Å². The lowest BCUT2D eigenvalue weighted by atomic mass is 10.1. The fourth-order valence-electron chi connectivity index (χ4n) is 2.11. The number of hydrogen-bond donors (Lipinski definition) is 2. The largest absolute Gasteiger partial charge is 0.496 e. The standard InChI is InChI=1S/C13H17FN2O2/c1-18-11-4-2-3-10(14)12(11)13(17)16-8-9-5-6-15-7-9/h2-4,9,15H,5-8H2,1H3,(H,16,17). The van der Waals surface area contributed by atoms with Gasteiger partial charge >= 0.3 is 0 Å². The summed E-state index contributed by atoms with van der Waals surface area (Å²) in [6.45, 7) is 2.43. The van der Waals surface area contributed by atoms with E-state index in [2.05, 4.69) is 10.6 Å². The topological polar surface area (TPSA) is 50.4 Å². The van der Waals surface area contributed by atoms with Gasteiger partial charge in [-0.1, -0.05) is 6.07 Å². The first-order valence-electron chi connectivity index (χ1n) is 6.03. The molecule has 98 valence electrons. The third-order valence-electron chi connectivity index (χ3n) is 3.14. The number of rotatable bonds is 4. The maximum Gasteiger partial charge on any atom is 0.258 e. The summed E-state index contributed by atoms with van der Waals surface area (Å²) in [5, 5.41) is 5.98. The minimum Gasteiger partial charge on any atom is -0.496 e. The van der Waals surface area contributed by atoms with Gasteiger partial charge in [-0.3, -0.25) is 4.79 Å². The fourth-order valence-corrected chi connectivity index (χ4v) is 2.11. The van der Waals surface area contributed by atoms with Crippen molar-refractivity contribution in [3.63, 3.8) is 0 Å². The molecule has 1 aliphatic heterocycles. The Morgan fingerprint density at radius 2 is 2.44 bits per heavy atom. The summed E-state index contributed by atoms with van der Waals surface area (Å²) >= 11 is 0. The second-order valence-corrected chi connectivity index (χ2v) is 4.39. The van der Waals surface area contributed by atoms with Crippen LogP contribution in [0.15, 0.2) is 18.2 Å². The van der Waals surface area contributed by atoms with Crippen molar-refractivity contribution in [1.82, 2.24) is 10.6 Å². The van der Waals surface area contributed by atoms with Gasteiger partial charge in [0.2, 0.25) is 0 Å². The first-order chi connectivity index (χ1) is 8.72. The molecule has 1 aromatic carbocycles. The van der Waals surface area contributed by atoms with E-state index in [0.29, 0.717) is 12.5 Å². The predicted molar refractivity (Wildman–Crippen MR) is 66.3 cm³/mol. The van der Waals surface area contributed by atoms with Gasteiger partial charge in [0.15, 0.2) is 0 Å². The summed E-state index contributed by atoms with van der Waals surface area (Å²) in [4.78, 5) is 12.0. The van der Waals surface area contributed by atoms with Crippen LogP contribution in [-0.4, -0.2) is 32.7 Å². The highest BCUT2D eigenvalue weighted by atomic mass is 19.1. The summed E-state index contributed by atoms with van der Waals surface area (Å²) in [7, 11) is 1.42. The molecule has 2 rings (SSSR count). The molecule has 1 atom stereocenters. The number of carbonyl (C=O) groups is 1. The molecule has 18 heavy (non-hydrogen) atoms. The average Bonchev–Trinajstić information content (AvgIpc) is 2.88. The van der Waals surface area contributed by atoms with Gasteiger partial charge in [-0.15, -0.1) is 0 Å². The highest BCUT2D eigenvalue weighted by Crippen LogP contribution is 2.21. The van der Waals surface area contributed by atoms with E-state index in [4.69, 9.17) is 4.74 Å². The molecular formula is C13H17FN2O2. The fraction of sp³-hybridized carbons (Fsp3) is 0.462. The van der Waals surface area contributed by atoms with Crippen molar-refractivity contribution in [1.29, 1.82) is 0 Å². The van der Waals surface area contributed by atoms with Crippen molar-refractivity contribution >= 4 is 5.91 Å². The van der Waals surface area contributed by atoms with Crippen LogP contribution >= 0.6 is 0 Å². The van der Waals surface area contributed by atoms with E-state index in [1.807, 2.05) is 0 Å². The van der Waals surface area contributed by atoms with Crippen LogP contribution in [0.1, 0.15) is 16.8 Å². The molecule has 0 saturated carbocycles. The van der Waals surface area contributed by atoms with Crippen molar-refractivity contribution in [2.45, 2.75) is 6.42 Å². The zero-order chi connectivity index (χ0) is 13.0. The lowest BCUT2D eigenvalue weighted by molar-refractivity contribution is 0.0941. The molecule has 1 aromatic rings. The third kappa shape index (κ3) is 2.79. The highest BCUT2D eigenvalue weighted by Gasteiger charge is 2.20. The number of benzene rings is 1. The van der Waals surface area contributed by atoms with Gasteiger partial charge in [-0.05, 0) is 37.6 Å². The van der Waals surface area contributed by atoms with E-state index in [1.54, 1.807) is 6.07 Å². The summed E-state index contributed by atoms with van der Waals surface area (Å²) in [5.74, 6) is -0.294. The normalized spacial score (nSPS) is 18.7. The maximum absolute atomic E-state index is 13.6. The summed E-state index contributed by atoms with van der Waals surface area (Å²) in [6.07, 6.45) is 1.04. The van der Waals surface area contributed by atoms with Gasteiger partial charge in [-0.25, -0.2) is 4.39 Å². The van der Waals surface area contributed by atoms with E-state index in [0.717, 1.165) is 19.5 Å². The molecule has 0 aromatic heterocycles. The van der Waals surface area contributed by atoms with Crippen LogP contribution < -0.4 is 15.4 Å². The van der Waals surface area contributed by atoms with Crippen molar-refractivity contribution in [2.24, 2.45) is 5.92 Å². The number of ether oxygens (including phenoxy) is 1. The Hall–Kier alpha value is -1.62. The third-order valence-corrected chi connectivity index (χ3v) is 3.14. The van der Waals surface area contributed by atoms with Crippen LogP contribution in [0.25, 0.3) is 0 Å². The Morgan fingerprint density at radius 3 is 3.11 bits per heavy atom. The van der Waals surface area contributed by atoms with Crippen LogP contribution in [0.3, 0.4) is 0 Å². The molecule has 4 nitrogen and oxygen atoms in total. The molecule has 5 heteroatoms. The molecule has 1 unspecified atom stereocenters. The summed E-state index contributed by atoms with van der Waals surface area (Å²) < 4.78 is 18.6. The Bertz CT molecular complexity index is 431. The monoisotopic (exact) mass is 252 g/mol. The number of halogens is 1. The summed E-state index contributed by atoms with van der Waals surface area (Å²) in [6, 6.07) is 4.36. The molecule has 0 bridgehead atoms. The van der Waals surface area contributed by atoms with Crippen molar-refractivity contribution < 1.29 is 13.9 Å². The number of nitrogens with one attached hydrogen (secondary N) is 2. The van der Waals surface area contributed by atoms with E-state index in [9.17, 15) is 9.18 Å². The maximum atomic E-state index is 13.6. The van der Waals surface area contributed by atoms with E-state index in [-0.39, 0.29) is 11.3 Å². The molecule has 1 fully saturated rings. The van der Waals surface area contributed by atoms with Crippen LogP contribution in [0.2, 0.25) is 0 Å². The zero-order valence-corrected chi connectivity index (χ0v) is 10.3. The van der Waals surface area contributed by atoms with Gasteiger partial charge in [0.05, 0.1) is 7.11 Å². The molecule has 1 heterocycles. The lowest BCUT2D eigenvalue weighted by Gasteiger charge is -2.12. The molecule has 2 N–H and O–H groups in total. The molecule has 0 spiro atoms. The van der Waals surface area contributed by atoms with Gasteiger partial charge in [-0.2, -0.15) is 0 Å². The predicted octanol–water partition coefficient (Wildman–Crippen LogP) is 1.17. The molecular weight excluding hydrogens is 235 g/mol. The molecule has 1 saturated heterocycles. The number of carbonyl (C=O) groups excluding carboxylic acids is 1. The average molecular weight is 252 g/mol. The minimum atomic E-state index is -0.559. The summed E-state index contributed by atoms with van der Waals surface area (Å²) in [5.41, 5.74) is -0.0223. The number of amides is 1. The van der Waals surface area contributed by atoms with E-state index in [1.165, 1.54) is 19.2 Å².